The molecule has 36 heavy (non-hydrogen) atoms. The summed E-state index contributed by atoms with van der Waals surface area (Å²) in [5, 5.41) is 24.5. The second-order valence-electron chi connectivity index (χ2n) is 8.13. The predicted octanol–water partition coefficient (Wildman–Crippen LogP) is 5.16. The zero-order valence-electron chi connectivity index (χ0n) is 19.8. The van der Waals surface area contributed by atoms with Crippen LogP contribution in [0.1, 0.15) is 53.4 Å². The molecule has 0 saturated carbocycles. The molecule has 9 nitrogen and oxygen atoms in total. The number of nitrogens with one attached hydrogen (secondary N) is 2. The van der Waals surface area contributed by atoms with Gasteiger partial charge in [-0.15, -0.1) is 10.2 Å². The number of rotatable bonds is 10. The Morgan fingerprint density at radius 2 is 1.86 bits per heavy atom. The summed E-state index contributed by atoms with van der Waals surface area (Å²) in [5.74, 6) is -1.18. The molecule has 0 spiro atoms. The Kier molecular flexibility index (Phi) is 9.36. The summed E-state index contributed by atoms with van der Waals surface area (Å²) >= 11 is 13.3. The number of aromatic carboxylic acids is 1. The van der Waals surface area contributed by atoms with Crippen molar-refractivity contribution in [1.29, 1.82) is 0 Å². The van der Waals surface area contributed by atoms with E-state index in [2.05, 4.69) is 20.8 Å². The Morgan fingerprint density at radius 3 is 2.50 bits per heavy atom. The van der Waals surface area contributed by atoms with Crippen LogP contribution in [0.2, 0.25) is 10.0 Å². The lowest BCUT2D eigenvalue weighted by Gasteiger charge is -2.22. The highest BCUT2D eigenvalue weighted by Gasteiger charge is 2.27. The molecule has 2 amide bonds. The molecule has 3 aromatic rings. The SMILES string of the molecule is CCn1c(SCC(=O)Nc2cccc(C(=O)O)c2)nnc1C(NC(=O)c1ccc(Cl)cc1Cl)C(C)C. The van der Waals surface area contributed by atoms with E-state index in [4.69, 9.17) is 28.3 Å². The van der Waals surface area contributed by atoms with Crippen LogP contribution >= 0.6 is 35.0 Å². The molecule has 1 unspecified atom stereocenters. The minimum atomic E-state index is -1.07. The maximum Gasteiger partial charge on any atom is 0.335 e. The summed E-state index contributed by atoms with van der Waals surface area (Å²) < 4.78 is 1.84. The predicted molar refractivity (Wildman–Crippen MR) is 140 cm³/mol. The van der Waals surface area contributed by atoms with Gasteiger partial charge < -0.3 is 20.3 Å². The van der Waals surface area contributed by atoms with Crippen LogP contribution in [0.5, 0.6) is 0 Å². The Hall–Kier alpha value is -3.08. The van der Waals surface area contributed by atoms with Gasteiger partial charge in [0.05, 0.1) is 27.9 Å². The van der Waals surface area contributed by atoms with E-state index >= 15 is 0 Å². The van der Waals surface area contributed by atoms with Crippen molar-refractivity contribution in [3.63, 3.8) is 0 Å². The molecule has 3 rings (SSSR count). The zero-order valence-corrected chi connectivity index (χ0v) is 22.1. The van der Waals surface area contributed by atoms with Crippen molar-refractivity contribution >= 4 is 58.4 Å². The topological polar surface area (TPSA) is 126 Å². The number of carbonyl (C=O) groups excluding carboxylic acids is 2. The van der Waals surface area contributed by atoms with Crippen LogP contribution in [-0.4, -0.2) is 43.4 Å². The lowest BCUT2D eigenvalue weighted by molar-refractivity contribution is -0.113. The number of anilines is 1. The first kappa shape index (κ1) is 27.5. The molecule has 0 saturated heterocycles. The third kappa shape index (κ3) is 6.77. The molecule has 0 fully saturated rings. The molecule has 1 heterocycles. The van der Waals surface area contributed by atoms with E-state index in [0.29, 0.717) is 33.8 Å². The minimum Gasteiger partial charge on any atom is -0.478 e. The van der Waals surface area contributed by atoms with Crippen molar-refractivity contribution in [3.05, 3.63) is 69.5 Å². The van der Waals surface area contributed by atoms with Gasteiger partial charge in [0.2, 0.25) is 5.91 Å². The van der Waals surface area contributed by atoms with Crippen molar-refractivity contribution in [2.75, 3.05) is 11.1 Å². The second-order valence-corrected chi connectivity index (χ2v) is 9.91. The first-order valence-electron chi connectivity index (χ1n) is 11.1. The number of nitrogens with zero attached hydrogens (tertiary/aromatic N) is 3. The number of benzene rings is 2. The van der Waals surface area contributed by atoms with Crippen LogP contribution in [0.15, 0.2) is 47.6 Å². The molecule has 2 aromatic carbocycles. The van der Waals surface area contributed by atoms with Crippen LogP contribution in [0.25, 0.3) is 0 Å². The van der Waals surface area contributed by atoms with E-state index in [1.807, 2.05) is 25.3 Å². The number of amides is 2. The Morgan fingerprint density at radius 1 is 1.11 bits per heavy atom. The summed E-state index contributed by atoms with van der Waals surface area (Å²) in [7, 11) is 0. The van der Waals surface area contributed by atoms with Crippen molar-refractivity contribution < 1.29 is 19.5 Å². The van der Waals surface area contributed by atoms with Gasteiger partial charge in [0.1, 0.15) is 0 Å². The van der Waals surface area contributed by atoms with Gasteiger partial charge in [-0.3, -0.25) is 9.59 Å². The fraction of sp³-hybridized carbons (Fsp3) is 0.292. The zero-order chi connectivity index (χ0) is 26.4. The normalized spacial score (nSPS) is 11.8. The molecule has 190 valence electrons. The highest BCUT2D eigenvalue weighted by molar-refractivity contribution is 7.99. The number of carboxylic acids is 1. The molecular weight excluding hydrogens is 525 g/mol. The van der Waals surface area contributed by atoms with Gasteiger partial charge in [-0.2, -0.15) is 0 Å². The molecule has 12 heteroatoms. The Balaban J connectivity index is 1.72. The quantitative estimate of drug-likeness (QED) is 0.298. The maximum absolute atomic E-state index is 12.9. The van der Waals surface area contributed by atoms with Crippen LogP contribution in [0.3, 0.4) is 0 Å². The molecule has 0 bridgehead atoms. The molecule has 1 aromatic heterocycles. The minimum absolute atomic E-state index is 0.0165. The van der Waals surface area contributed by atoms with Gasteiger partial charge in [-0.1, -0.05) is 54.9 Å². The summed E-state index contributed by atoms with van der Waals surface area (Å²) in [6.45, 7) is 6.35. The lowest BCUT2D eigenvalue weighted by atomic mass is 10.0. The molecule has 0 aliphatic rings. The number of aromatic nitrogens is 3. The van der Waals surface area contributed by atoms with Gasteiger partial charge in [-0.05, 0) is 49.2 Å². The van der Waals surface area contributed by atoms with E-state index in [0.717, 1.165) is 0 Å². The van der Waals surface area contributed by atoms with E-state index in [-0.39, 0.29) is 34.1 Å². The number of carboxylic acid groups (broad SMARTS) is 1. The molecule has 3 N–H and O–H groups in total. The van der Waals surface area contributed by atoms with E-state index in [1.54, 1.807) is 24.3 Å². The van der Waals surface area contributed by atoms with E-state index in [9.17, 15) is 14.4 Å². The standard InChI is InChI=1S/C24H25Cl2N5O4S/c1-4-31-21(20(13(2)3)28-22(33)17-9-8-15(25)11-18(17)26)29-30-24(31)36-12-19(32)27-16-7-5-6-14(10-16)23(34)35/h5-11,13,20H,4,12H2,1-3H3,(H,27,32)(H,28,33)(H,34,35). The van der Waals surface area contributed by atoms with Crippen LogP contribution < -0.4 is 10.6 Å². The van der Waals surface area contributed by atoms with Gasteiger partial charge >= 0.3 is 5.97 Å². The summed E-state index contributed by atoms with van der Waals surface area (Å²) in [6.07, 6.45) is 0. The Labute approximate surface area is 222 Å². The largest absolute Gasteiger partial charge is 0.478 e. The summed E-state index contributed by atoms with van der Waals surface area (Å²) in [4.78, 5) is 36.5. The smallest absolute Gasteiger partial charge is 0.335 e. The second kappa shape index (κ2) is 12.2. The summed E-state index contributed by atoms with van der Waals surface area (Å²) in [6, 6.07) is 10.2. The van der Waals surface area contributed by atoms with E-state index in [1.165, 1.54) is 30.0 Å². The highest BCUT2D eigenvalue weighted by Crippen LogP contribution is 2.27. The van der Waals surface area contributed by atoms with Crippen molar-refractivity contribution in [2.45, 2.75) is 38.5 Å². The van der Waals surface area contributed by atoms with Gasteiger partial charge in [0, 0.05) is 17.3 Å². The van der Waals surface area contributed by atoms with Crippen molar-refractivity contribution in [2.24, 2.45) is 5.92 Å². The molecule has 1 atom stereocenters. The average Bonchev–Trinajstić information content (AvgIpc) is 3.23. The van der Waals surface area contributed by atoms with Crippen molar-refractivity contribution in [3.8, 4) is 0 Å². The highest BCUT2D eigenvalue weighted by atomic mass is 35.5. The molecular formula is C24H25Cl2N5O4S. The van der Waals surface area contributed by atoms with Crippen LogP contribution in [0.4, 0.5) is 5.69 Å². The number of hydrogen-bond acceptors (Lipinski definition) is 6. The number of halogens is 2. The maximum atomic E-state index is 12.9. The lowest BCUT2D eigenvalue weighted by Crippen LogP contribution is -2.34. The summed E-state index contributed by atoms with van der Waals surface area (Å²) in [5.41, 5.74) is 0.770. The third-order valence-electron chi connectivity index (χ3n) is 5.19. The monoisotopic (exact) mass is 549 g/mol. The Bertz CT molecular complexity index is 1280. The van der Waals surface area contributed by atoms with Crippen molar-refractivity contribution in [1.82, 2.24) is 20.1 Å². The van der Waals surface area contributed by atoms with Gasteiger partial charge in [0.25, 0.3) is 5.91 Å². The average molecular weight is 550 g/mol. The number of hydrogen-bond donors (Lipinski definition) is 3. The molecule has 0 radical (unpaired) electrons. The molecule has 0 aliphatic carbocycles. The van der Waals surface area contributed by atoms with Crippen LogP contribution in [0, 0.1) is 5.92 Å². The van der Waals surface area contributed by atoms with Gasteiger partial charge in [-0.25, -0.2) is 4.79 Å². The van der Waals surface area contributed by atoms with E-state index < -0.39 is 12.0 Å². The number of thioether (sulfide) groups is 1. The fourth-order valence-electron chi connectivity index (χ4n) is 3.41. The molecule has 0 aliphatic heterocycles. The third-order valence-corrected chi connectivity index (χ3v) is 6.71. The fourth-order valence-corrected chi connectivity index (χ4v) is 4.72. The first-order chi connectivity index (χ1) is 17.1. The number of carbonyl (C=O) groups is 3. The van der Waals surface area contributed by atoms with Crippen LogP contribution in [-0.2, 0) is 11.3 Å². The van der Waals surface area contributed by atoms with Gasteiger partial charge in [0.15, 0.2) is 11.0 Å². The first-order valence-corrected chi connectivity index (χ1v) is 12.8.